The third kappa shape index (κ3) is 1.95. The smallest absolute Gasteiger partial charge is 0.258 e. The third-order valence-corrected chi connectivity index (χ3v) is 1.82. The fourth-order valence-electron chi connectivity index (χ4n) is 0.861. The lowest BCUT2D eigenvalue weighted by atomic mass is 10.1. The van der Waals surface area contributed by atoms with Gasteiger partial charge < -0.3 is 0 Å². The van der Waals surface area contributed by atoms with Crippen molar-refractivity contribution in [2.24, 2.45) is 0 Å². The van der Waals surface area contributed by atoms with Gasteiger partial charge in [-0.25, -0.2) is 0 Å². The average molecular weight is 186 g/mol. The van der Waals surface area contributed by atoms with Crippen molar-refractivity contribution in [3.8, 4) is 0 Å². The van der Waals surface area contributed by atoms with Crippen LogP contribution in [0.4, 0.5) is 5.69 Å². The maximum Gasteiger partial charge on any atom is 0.269 e. The summed E-state index contributed by atoms with van der Waals surface area (Å²) in [6, 6.07) is 6.23. The van der Waals surface area contributed by atoms with Crippen molar-refractivity contribution >= 4 is 17.3 Å². The first-order chi connectivity index (χ1) is 5.61. The first kappa shape index (κ1) is 9.00. The van der Waals surface area contributed by atoms with Crippen LogP contribution >= 0.6 is 11.6 Å². The largest absolute Gasteiger partial charge is 0.269 e. The molecule has 0 aliphatic rings. The molecule has 1 aromatic carbocycles. The Morgan fingerprint density at radius 1 is 1.42 bits per heavy atom. The highest BCUT2D eigenvalue weighted by molar-refractivity contribution is 6.20. The van der Waals surface area contributed by atoms with E-state index in [1.807, 2.05) is 6.92 Å². The van der Waals surface area contributed by atoms with Crippen LogP contribution in [0.5, 0.6) is 0 Å². The minimum Gasteiger partial charge on any atom is -0.258 e. The van der Waals surface area contributed by atoms with Gasteiger partial charge in [-0.3, -0.25) is 10.1 Å². The number of alkyl halides is 1. The molecule has 1 rings (SSSR count). The zero-order chi connectivity index (χ0) is 9.14. The molecule has 0 heterocycles. The number of nitro benzene ring substituents is 1. The molecule has 0 saturated carbocycles. The summed E-state index contributed by atoms with van der Waals surface area (Å²) < 4.78 is 0. The Morgan fingerprint density at radius 2 is 1.92 bits per heavy atom. The van der Waals surface area contributed by atoms with Crippen LogP contribution in [0.25, 0.3) is 0 Å². The highest BCUT2D eigenvalue weighted by Gasteiger charge is 2.05. The van der Waals surface area contributed by atoms with Gasteiger partial charge in [0.15, 0.2) is 0 Å². The molecule has 0 spiro atoms. The standard InChI is InChI=1S/C8H8ClNO2/c1-6(9)7-2-4-8(5-3-7)10(11)12/h2-6H,1H3/t6-/m1/s1. The van der Waals surface area contributed by atoms with Gasteiger partial charge in [0.1, 0.15) is 0 Å². The fraction of sp³-hybridized carbons (Fsp3) is 0.250. The maximum absolute atomic E-state index is 10.3. The molecule has 0 unspecified atom stereocenters. The van der Waals surface area contributed by atoms with E-state index in [0.717, 1.165) is 5.56 Å². The first-order valence-corrected chi connectivity index (χ1v) is 3.93. The number of non-ortho nitro benzene ring substituents is 1. The van der Waals surface area contributed by atoms with Crippen molar-refractivity contribution in [2.45, 2.75) is 12.3 Å². The molecular weight excluding hydrogens is 178 g/mol. The molecule has 4 heteroatoms. The van der Waals surface area contributed by atoms with Crippen molar-refractivity contribution in [1.82, 2.24) is 0 Å². The van der Waals surface area contributed by atoms with Crippen molar-refractivity contribution in [2.75, 3.05) is 0 Å². The number of benzene rings is 1. The van der Waals surface area contributed by atoms with Gasteiger partial charge in [0, 0.05) is 12.1 Å². The van der Waals surface area contributed by atoms with Gasteiger partial charge in [0.2, 0.25) is 0 Å². The van der Waals surface area contributed by atoms with E-state index in [1.54, 1.807) is 12.1 Å². The minimum absolute atomic E-state index is 0.0936. The summed E-state index contributed by atoms with van der Waals surface area (Å²) in [5.41, 5.74) is 0.985. The molecule has 0 aliphatic heterocycles. The molecule has 0 radical (unpaired) electrons. The molecule has 0 saturated heterocycles. The molecule has 1 atom stereocenters. The summed E-state index contributed by atoms with van der Waals surface area (Å²) >= 11 is 5.77. The number of hydrogen-bond donors (Lipinski definition) is 0. The van der Waals surface area contributed by atoms with E-state index in [1.165, 1.54) is 12.1 Å². The van der Waals surface area contributed by atoms with E-state index in [9.17, 15) is 10.1 Å². The van der Waals surface area contributed by atoms with Gasteiger partial charge >= 0.3 is 0 Å². The van der Waals surface area contributed by atoms with E-state index in [-0.39, 0.29) is 11.1 Å². The zero-order valence-corrected chi connectivity index (χ0v) is 7.28. The highest BCUT2D eigenvalue weighted by atomic mass is 35.5. The van der Waals surface area contributed by atoms with Crippen LogP contribution in [-0.2, 0) is 0 Å². The van der Waals surface area contributed by atoms with Gasteiger partial charge in [-0.2, -0.15) is 0 Å². The number of rotatable bonds is 2. The van der Waals surface area contributed by atoms with Crippen LogP contribution in [0.3, 0.4) is 0 Å². The van der Waals surface area contributed by atoms with Gasteiger partial charge in [0.05, 0.1) is 10.3 Å². The Kier molecular flexibility index (Phi) is 2.65. The van der Waals surface area contributed by atoms with Gasteiger partial charge in [0.25, 0.3) is 5.69 Å². The van der Waals surface area contributed by atoms with Crippen molar-refractivity contribution in [3.63, 3.8) is 0 Å². The van der Waals surface area contributed by atoms with Crippen LogP contribution in [0.2, 0.25) is 0 Å². The number of hydrogen-bond acceptors (Lipinski definition) is 2. The molecule has 0 N–H and O–H groups in total. The lowest BCUT2D eigenvalue weighted by Gasteiger charge is -2.00. The van der Waals surface area contributed by atoms with Crippen molar-refractivity contribution in [1.29, 1.82) is 0 Å². The zero-order valence-electron chi connectivity index (χ0n) is 6.53. The van der Waals surface area contributed by atoms with E-state index < -0.39 is 4.92 Å². The minimum atomic E-state index is -0.428. The molecule has 0 aromatic heterocycles. The van der Waals surface area contributed by atoms with Crippen LogP contribution in [0, 0.1) is 10.1 Å². The molecule has 0 aliphatic carbocycles. The summed E-state index contributed by atoms with van der Waals surface area (Å²) in [6.07, 6.45) is 0. The lowest BCUT2D eigenvalue weighted by Crippen LogP contribution is -1.89. The predicted molar refractivity (Wildman–Crippen MR) is 47.4 cm³/mol. The SMILES string of the molecule is C[C@@H](Cl)c1ccc([N+](=O)[O-])cc1. The Bertz CT molecular complexity index is 282. The molecule has 1 aromatic rings. The normalized spacial score (nSPS) is 12.5. The van der Waals surface area contributed by atoms with Crippen LogP contribution < -0.4 is 0 Å². The summed E-state index contributed by atoms with van der Waals surface area (Å²) in [4.78, 5) is 9.83. The fourth-order valence-corrected chi connectivity index (χ4v) is 1.01. The molecular formula is C8H8ClNO2. The Morgan fingerprint density at radius 3 is 2.25 bits per heavy atom. The van der Waals surface area contributed by atoms with Crippen LogP contribution in [0.15, 0.2) is 24.3 Å². The van der Waals surface area contributed by atoms with E-state index >= 15 is 0 Å². The van der Waals surface area contributed by atoms with E-state index in [4.69, 9.17) is 11.6 Å². The van der Waals surface area contributed by atoms with E-state index in [0.29, 0.717) is 0 Å². The third-order valence-electron chi connectivity index (χ3n) is 1.56. The lowest BCUT2D eigenvalue weighted by molar-refractivity contribution is -0.384. The van der Waals surface area contributed by atoms with Crippen molar-refractivity contribution in [3.05, 3.63) is 39.9 Å². The van der Waals surface area contributed by atoms with E-state index in [2.05, 4.69) is 0 Å². The van der Waals surface area contributed by atoms with Crippen molar-refractivity contribution < 1.29 is 4.92 Å². The summed E-state index contributed by atoms with van der Waals surface area (Å²) in [5.74, 6) is 0. The molecule has 0 amide bonds. The summed E-state index contributed by atoms with van der Waals surface area (Å²) in [6.45, 7) is 1.82. The second-order valence-electron chi connectivity index (χ2n) is 2.46. The second kappa shape index (κ2) is 3.54. The number of nitro groups is 1. The monoisotopic (exact) mass is 185 g/mol. The predicted octanol–water partition coefficient (Wildman–Crippen LogP) is 2.89. The van der Waals surface area contributed by atoms with Gasteiger partial charge in [-0.1, -0.05) is 12.1 Å². The summed E-state index contributed by atoms with van der Waals surface area (Å²) in [7, 11) is 0. The topological polar surface area (TPSA) is 43.1 Å². The molecule has 0 bridgehead atoms. The first-order valence-electron chi connectivity index (χ1n) is 3.49. The molecule has 3 nitrogen and oxygen atoms in total. The van der Waals surface area contributed by atoms with Gasteiger partial charge in [-0.15, -0.1) is 11.6 Å². The van der Waals surface area contributed by atoms with Crippen LogP contribution in [0.1, 0.15) is 17.9 Å². The van der Waals surface area contributed by atoms with Crippen LogP contribution in [-0.4, -0.2) is 4.92 Å². The maximum atomic E-state index is 10.3. The molecule has 64 valence electrons. The number of nitrogens with zero attached hydrogens (tertiary/aromatic N) is 1. The number of halogens is 1. The second-order valence-corrected chi connectivity index (χ2v) is 3.12. The Labute approximate surface area is 75.1 Å². The average Bonchev–Trinajstić information content (AvgIpc) is 2.04. The molecule has 12 heavy (non-hydrogen) atoms. The molecule has 0 fully saturated rings. The summed E-state index contributed by atoms with van der Waals surface area (Å²) in [5, 5.41) is 10.1. The quantitative estimate of drug-likeness (QED) is 0.404. The van der Waals surface area contributed by atoms with Gasteiger partial charge in [-0.05, 0) is 12.5 Å². The highest BCUT2D eigenvalue weighted by Crippen LogP contribution is 2.21. The Balaban J connectivity index is 2.93. The Hall–Kier alpha value is -1.09.